The lowest BCUT2D eigenvalue weighted by Crippen LogP contribution is -2.53. The second kappa shape index (κ2) is 10.6. The molecule has 1 saturated heterocycles. The minimum absolute atomic E-state index is 0.0828. The van der Waals surface area contributed by atoms with Gasteiger partial charge >= 0.3 is 6.03 Å². The van der Waals surface area contributed by atoms with E-state index in [1.54, 1.807) is 20.4 Å². The van der Waals surface area contributed by atoms with Gasteiger partial charge in [0.05, 0.1) is 20.8 Å². The molecule has 1 aromatic heterocycles. The molecule has 2 amide bonds. The summed E-state index contributed by atoms with van der Waals surface area (Å²) < 4.78 is 40.0. The minimum Gasteiger partial charge on any atom is -0.493 e. The summed E-state index contributed by atoms with van der Waals surface area (Å²) in [5, 5.41) is 5.68. The Morgan fingerprint density at radius 2 is 1.92 bits per heavy atom. The Labute approximate surface area is 220 Å². The highest BCUT2D eigenvalue weighted by atomic mass is 19.2. The number of benzene rings is 2. The Morgan fingerprint density at radius 3 is 2.63 bits per heavy atom. The smallest absolute Gasteiger partial charge is 0.319 e. The van der Waals surface area contributed by atoms with Crippen LogP contribution in [-0.4, -0.2) is 53.3 Å². The van der Waals surface area contributed by atoms with Crippen molar-refractivity contribution < 1.29 is 23.0 Å². The van der Waals surface area contributed by atoms with E-state index in [2.05, 4.69) is 32.7 Å². The summed E-state index contributed by atoms with van der Waals surface area (Å²) in [6.07, 6.45) is 7.13. The minimum atomic E-state index is -1.00. The van der Waals surface area contributed by atoms with E-state index in [1.807, 2.05) is 23.9 Å². The molecule has 0 radical (unpaired) electrons. The summed E-state index contributed by atoms with van der Waals surface area (Å²) in [7, 11) is 5.27. The second-order valence-corrected chi connectivity index (χ2v) is 10.1. The van der Waals surface area contributed by atoms with Gasteiger partial charge in [-0.05, 0) is 62.1 Å². The van der Waals surface area contributed by atoms with Crippen LogP contribution in [-0.2, 0) is 19.0 Å². The molecule has 38 heavy (non-hydrogen) atoms. The van der Waals surface area contributed by atoms with Crippen molar-refractivity contribution in [1.82, 2.24) is 19.8 Å². The van der Waals surface area contributed by atoms with Crippen LogP contribution in [0.2, 0.25) is 0 Å². The molecule has 0 spiro atoms. The number of ether oxygens (including phenoxy) is 2. The van der Waals surface area contributed by atoms with E-state index in [4.69, 9.17) is 9.47 Å². The zero-order chi connectivity index (χ0) is 26.9. The zero-order valence-corrected chi connectivity index (χ0v) is 21.8. The number of rotatable bonds is 7. The van der Waals surface area contributed by atoms with Crippen molar-refractivity contribution in [2.24, 2.45) is 7.05 Å². The number of aryl methyl sites for hydroxylation is 1. The maximum Gasteiger partial charge on any atom is 0.319 e. The van der Waals surface area contributed by atoms with Gasteiger partial charge in [-0.1, -0.05) is 6.07 Å². The van der Waals surface area contributed by atoms with E-state index in [0.717, 1.165) is 50.2 Å². The fourth-order valence-electron chi connectivity index (χ4n) is 6.10. The molecule has 1 aliphatic heterocycles. The van der Waals surface area contributed by atoms with E-state index in [-0.39, 0.29) is 23.2 Å². The van der Waals surface area contributed by atoms with Crippen LogP contribution in [0, 0.1) is 11.6 Å². The molecule has 0 bridgehead atoms. The normalized spacial score (nSPS) is 23.1. The number of likely N-dealkylation sites (tertiary alicyclic amines) is 1. The highest BCUT2D eigenvalue weighted by molar-refractivity contribution is 5.89. The first-order chi connectivity index (χ1) is 18.3. The van der Waals surface area contributed by atoms with Crippen LogP contribution in [0.3, 0.4) is 0 Å². The summed E-state index contributed by atoms with van der Waals surface area (Å²) in [5.74, 6) is 0.419. The fourth-order valence-corrected chi connectivity index (χ4v) is 6.10. The van der Waals surface area contributed by atoms with Crippen LogP contribution < -0.4 is 20.1 Å². The lowest BCUT2D eigenvalue weighted by Gasteiger charge is -2.45. The van der Waals surface area contributed by atoms with Crippen LogP contribution >= 0.6 is 0 Å². The van der Waals surface area contributed by atoms with Gasteiger partial charge in [-0.15, -0.1) is 0 Å². The standard InChI is InChI=1S/C28H33F2N5O3/c1-34-13-11-31-26(34)17-35-12-10-28(18-4-7-23(37-2)24(14-18)38-3)9-8-20(16-25(28)35)33-27(36)32-19-5-6-21(29)22(30)15-19/h4-7,11,13-15,20,25H,8-10,12,16-17H2,1-3H3,(H2,32,33,36)/t20-,25+,28-/m0/s1. The van der Waals surface area contributed by atoms with Crippen molar-refractivity contribution in [1.29, 1.82) is 0 Å². The molecule has 2 heterocycles. The Balaban J connectivity index is 1.38. The Bertz CT molecular complexity index is 1320. The lowest BCUT2D eigenvalue weighted by molar-refractivity contribution is 0.128. The van der Waals surface area contributed by atoms with E-state index < -0.39 is 17.7 Å². The van der Waals surface area contributed by atoms with Gasteiger partial charge in [0.15, 0.2) is 23.1 Å². The van der Waals surface area contributed by atoms with Crippen molar-refractivity contribution in [2.45, 2.75) is 49.7 Å². The molecule has 8 nitrogen and oxygen atoms in total. The molecule has 5 rings (SSSR count). The van der Waals surface area contributed by atoms with Gasteiger partial charge in [0.1, 0.15) is 5.82 Å². The van der Waals surface area contributed by atoms with Crippen molar-refractivity contribution in [2.75, 3.05) is 26.1 Å². The fraction of sp³-hybridized carbons (Fsp3) is 0.429. The topological polar surface area (TPSA) is 80.7 Å². The highest BCUT2D eigenvalue weighted by Gasteiger charge is 2.52. The Kier molecular flexibility index (Phi) is 7.25. The number of carbonyl (C=O) groups excluding carboxylic acids is 1. The van der Waals surface area contributed by atoms with Crippen LogP contribution in [0.15, 0.2) is 48.8 Å². The van der Waals surface area contributed by atoms with Gasteiger partial charge in [0.2, 0.25) is 0 Å². The van der Waals surface area contributed by atoms with Crippen LogP contribution in [0.4, 0.5) is 19.3 Å². The molecule has 3 aromatic rings. The predicted molar refractivity (Wildman–Crippen MR) is 139 cm³/mol. The van der Waals surface area contributed by atoms with Gasteiger partial charge in [0, 0.05) is 48.7 Å². The van der Waals surface area contributed by atoms with Gasteiger partial charge < -0.3 is 24.7 Å². The molecular formula is C28H33F2N5O3. The number of amides is 2. The number of carbonyl (C=O) groups is 1. The molecular weight excluding hydrogens is 492 g/mol. The Hall–Kier alpha value is -3.66. The summed E-state index contributed by atoms with van der Waals surface area (Å²) >= 11 is 0. The van der Waals surface area contributed by atoms with Crippen LogP contribution in [0.1, 0.15) is 37.1 Å². The summed E-state index contributed by atoms with van der Waals surface area (Å²) in [5.41, 5.74) is 1.29. The van der Waals surface area contributed by atoms with Crippen molar-refractivity contribution in [3.05, 3.63) is 71.8 Å². The number of anilines is 1. The summed E-state index contributed by atoms with van der Waals surface area (Å²) in [6.45, 7) is 1.61. The van der Waals surface area contributed by atoms with Crippen molar-refractivity contribution in [3.63, 3.8) is 0 Å². The number of hydrogen-bond acceptors (Lipinski definition) is 5. The van der Waals surface area contributed by atoms with Gasteiger partial charge in [-0.3, -0.25) is 4.90 Å². The number of nitrogens with zero attached hydrogens (tertiary/aromatic N) is 3. The monoisotopic (exact) mass is 525 g/mol. The summed E-state index contributed by atoms with van der Waals surface area (Å²) in [6, 6.07) is 9.11. The zero-order valence-electron chi connectivity index (χ0n) is 21.8. The molecule has 10 heteroatoms. The van der Waals surface area contributed by atoms with Gasteiger partial charge in [-0.25, -0.2) is 18.6 Å². The lowest BCUT2D eigenvalue weighted by atomic mass is 9.65. The van der Waals surface area contributed by atoms with Crippen LogP contribution in [0.25, 0.3) is 0 Å². The number of nitrogens with one attached hydrogen (secondary N) is 2. The van der Waals surface area contributed by atoms with Crippen LogP contribution in [0.5, 0.6) is 11.5 Å². The van der Waals surface area contributed by atoms with Crippen molar-refractivity contribution >= 4 is 11.7 Å². The third-order valence-corrected chi connectivity index (χ3v) is 8.11. The Morgan fingerprint density at radius 1 is 1.11 bits per heavy atom. The molecule has 202 valence electrons. The molecule has 1 aliphatic carbocycles. The predicted octanol–water partition coefficient (Wildman–Crippen LogP) is 4.60. The number of imidazole rings is 1. The number of halogens is 2. The molecule has 2 aromatic carbocycles. The SMILES string of the molecule is COc1ccc([C@@]23CC[C@H](NC(=O)Nc4ccc(F)c(F)c4)C[C@H]2N(Cc2nccn2C)CC3)cc1OC. The molecule has 2 N–H and O–H groups in total. The number of methoxy groups -OCH3 is 2. The molecule has 1 saturated carbocycles. The maximum atomic E-state index is 13.6. The average molecular weight is 526 g/mol. The van der Waals surface area contributed by atoms with Gasteiger partial charge in [0.25, 0.3) is 0 Å². The number of urea groups is 1. The molecule has 2 aliphatic rings. The first-order valence-corrected chi connectivity index (χ1v) is 12.8. The number of hydrogen-bond donors (Lipinski definition) is 2. The highest BCUT2D eigenvalue weighted by Crippen LogP contribution is 2.50. The average Bonchev–Trinajstić information content (AvgIpc) is 3.49. The summed E-state index contributed by atoms with van der Waals surface area (Å²) in [4.78, 5) is 19.8. The molecule has 3 atom stereocenters. The third kappa shape index (κ3) is 4.92. The van der Waals surface area contributed by atoms with Gasteiger partial charge in [-0.2, -0.15) is 0 Å². The second-order valence-electron chi connectivity index (χ2n) is 10.1. The number of aromatic nitrogens is 2. The largest absolute Gasteiger partial charge is 0.493 e. The first-order valence-electron chi connectivity index (χ1n) is 12.8. The molecule has 0 unspecified atom stereocenters. The van der Waals surface area contributed by atoms with Crippen molar-refractivity contribution in [3.8, 4) is 11.5 Å². The first kappa shape index (κ1) is 26.0. The van der Waals surface area contributed by atoms with E-state index in [1.165, 1.54) is 11.6 Å². The number of fused-ring (bicyclic) bond motifs is 1. The molecule has 2 fully saturated rings. The van der Waals surface area contributed by atoms with E-state index in [0.29, 0.717) is 18.0 Å². The maximum absolute atomic E-state index is 13.6. The third-order valence-electron chi connectivity index (χ3n) is 8.11. The quantitative estimate of drug-likeness (QED) is 0.471. The van der Waals surface area contributed by atoms with E-state index in [9.17, 15) is 13.6 Å². The van der Waals surface area contributed by atoms with E-state index >= 15 is 0 Å².